The van der Waals surface area contributed by atoms with E-state index < -0.39 is 5.56 Å². The Morgan fingerprint density at radius 1 is 1.38 bits per heavy atom. The van der Waals surface area contributed by atoms with Crippen LogP contribution >= 0.6 is 23.1 Å². The van der Waals surface area contributed by atoms with E-state index in [0.717, 1.165) is 34.9 Å². The number of aryl methyl sites for hydroxylation is 1. The molecule has 0 aliphatic heterocycles. The lowest BCUT2D eigenvalue weighted by molar-refractivity contribution is -0.115. The van der Waals surface area contributed by atoms with Crippen LogP contribution in [0, 0.1) is 11.3 Å². The first kappa shape index (κ1) is 19.2. The number of carbonyl (C=O) groups is 1. The van der Waals surface area contributed by atoms with Crippen molar-refractivity contribution in [1.29, 1.82) is 5.26 Å². The molecule has 2 aromatic heterocycles. The molecule has 4 rings (SSSR count). The number of benzene rings is 1. The molecule has 0 radical (unpaired) electrons. The zero-order valence-electron chi connectivity index (χ0n) is 15.2. The molecule has 9 heteroatoms. The van der Waals surface area contributed by atoms with Crippen LogP contribution in [0.2, 0.25) is 0 Å². The third-order valence-electron chi connectivity index (χ3n) is 4.55. The van der Waals surface area contributed by atoms with E-state index in [2.05, 4.69) is 33.5 Å². The number of carbonyl (C=O) groups excluding carboxylic acids is 1. The first-order chi connectivity index (χ1) is 14.0. The van der Waals surface area contributed by atoms with E-state index in [1.165, 1.54) is 28.7 Å². The van der Waals surface area contributed by atoms with Gasteiger partial charge in [0.25, 0.3) is 5.56 Å². The largest absolute Gasteiger partial charge is 0.493 e. The predicted octanol–water partition coefficient (Wildman–Crippen LogP) is 3.30. The molecule has 0 bridgehead atoms. The van der Waals surface area contributed by atoms with Gasteiger partial charge in [0.05, 0.1) is 11.6 Å². The van der Waals surface area contributed by atoms with Crippen molar-refractivity contribution in [2.75, 3.05) is 11.1 Å². The lowest BCUT2D eigenvalue weighted by Crippen LogP contribution is -2.13. The van der Waals surface area contributed by atoms with Crippen molar-refractivity contribution in [3.8, 4) is 22.4 Å². The van der Waals surface area contributed by atoms with Crippen molar-refractivity contribution in [2.24, 2.45) is 0 Å². The average Bonchev–Trinajstić information content (AvgIpc) is 3.04. The third-order valence-corrected chi connectivity index (χ3v) is 6.61. The summed E-state index contributed by atoms with van der Waals surface area (Å²) in [4.78, 5) is 31.1. The highest BCUT2D eigenvalue weighted by Crippen LogP contribution is 2.44. The van der Waals surface area contributed by atoms with Crippen molar-refractivity contribution >= 4 is 34.0 Å². The fraction of sp³-hybridized carbons (Fsp3) is 0.200. The SMILES string of the molecule is N#Cc1c(NC(=O)CCSc2nc(O)cc(=O)[nH]2)sc2c1CCc1ccccc1-2. The van der Waals surface area contributed by atoms with Crippen LogP contribution in [0.3, 0.4) is 0 Å². The van der Waals surface area contributed by atoms with E-state index in [1.54, 1.807) is 0 Å². The molecule has 0 spiro atoms. The lowest BCUT2D eigenvalue weighted by Gasteiger charge is -2.15. The van der Waals surface area contributed by atoms with Crippen molar-refractivity contribution in [3.63, 3.8) is 0 Å². The van der Waals surface area contributed by atoms with Crippen LogP contribution in [-0.4, -0.2) is 26.7 Å². The standard InChI is InChI=1S/C20H16N4O3S2/c21-10-14-13-6-5-11-3-1-2-4-12(11)18(13)29-19(14)22-15(25)7-8-28-20-23-16(26)9-17(27)24-20/h1-4,9H,5-8H2,(H,22,25)(H2,23,24,26,27). The van der Waals surface area contributed by atoms with E-state index in [4.69, 9.17) is 0 Å². The van der Waals surface area contributed by atoms with Crippen LogP contribution < -0.4 is 10.9 Å². The van der Waals surface area contributed by atoms with Crippen LogP contribution in [0.1, 0.15) is 23.1 Å². The number of hydrogen-bond donors (Lipinski definition) is 3. The summed E-state index contributed by atoms with van der Waals surface area (Å²) in [6, 6.07) is 11.4. The van der Waals surface area contributed by atoms with Gasteiger partial charge in [-0.05, 0) is 29.5 Å². The summed E-state index contributed by atoms with van der Waals surface area (Å²) in [5, 5.41) is 22.7. The van der Waals surface area contributed by atoms with Gasteiger partial charge < -0.3 is 15.4 Å². The van der Waals surface area contributed by atoms with Crippen molar-refractivity contribution < 1.29 is 9.90 Å². The first-order valence-electron chi connectivity index (χ1n) is 8.92. The maximum atomic E-state index is 12.4. The number of anilines is 1. The van der Waals surface area contributed by atoms with E-state index in [1.807, 2.05) is 12.1 Å². The van der Waals surface area contributed by atoms with Crippen molar-refractivity contribution in [1.82, 2.24) is 9.97 Å². The Morgan fingerprint density at radius 3 is 3.00 bits per heavy atom. The predicted molar refractivity (Wildman–Crippen MR) is 112 cm³/mol. The molecule has 1 amide bonds. The summed E-state index contributed by atoms with van der Waals surface area (Å²) in [5.74, 6) is -0.208. The Hall–Kier alpha value is -3.09. The Kier molecular flexibility index (Phi) is 5.38. The highest BCUT2D eigenvalue weighted by molar-refractivity contribution is 7.99. The summed E-state index contributed by atoms with van der Waals surface area (Å²) in [5.41, 5.74) is 3.48. The molecule has 1 aliphatic carbocycles. The summed E-state index contributed by atoms with van der Waals surface area (Å²) < 4.78 is 0. The fourth-order valence-electron chi connectivity index (χ4n) is 3.27. The number of nitriles is 1. The maximum absolute atomic E-state index is 12.4. The monoisotopic (exact) mass is 424 g/mol. The topological polar surface area (TPSA) is 119 Å². The molecule has 1 aliphatic rings. The molecule has 0 saturated heterocycles. The Bertz CT molecular complexity index is 1190. The van der Waals surface area contributed by atoms with Gasteiger partial charge in [-0.2, -0.15) is 10.2 Å². The van der Waals surface area contributed by atoms with Gasteiger partial charge in [-0.1, -0.05) is 36.0 Å². The minimum absolute atomic E-state index is 0.175. The number of thioether (sulfide) groups is 1. The number of thiophene rings is 1. The van der Waals surface area contributed by atoms with Gasteiger partial charge in [0, 0.05) is 17.1 Å². The highest BCUT2D eigenvalue weighted by Gasteiger charge is 2.25. The highest BCUT2D eigenvalue weighted by atomic mass is 32.2. The molecule has 3 N–H and O–H groups in total. The molecule has 146 valence electrons. The van der Waals surface area contributed by atoms with Gasteiger partial charge in [-0.15, -0.1) is 11.3 Å². The molecule has 7 nitrogen and oxygen atoms in total. The Morgan fingerprint density at radius 2 is 2.21 bits per heavy atom. The zero-order valence-corrected chi connectivity index (χ0v) is 16.8. The van der Waals surface area contributed by atoms with Gasteiger partial charge in [0.15, 0.2) is 5.16 Å². The number of nitrogens with zero attached hydrogens (tertiary/aromatic N) is 2. The Balaban J connectivity index is 1.46. The number of aromatic amines is 1. The van der Waals surface area contributed by atoms with Crippen LogP contribution in [0.5, 0.6) is 5.88 Å². The number of aromatic nitrogens is 2. The van der Waals surface area contributed by atoms with Gasteiger partial charge in [0.2, 0.25) is 11.8 Å². The molecule has 1 aromatic carbocycles. The van der Waals surface area contributed by atoms with E-state index in [9.17, 15) is 20.0 Å². The second-order valence-electron chi connectivity index (χ2n) is 6.44. The van der Waals surface area contributed by atoms with E-state index in [-0.39, 0.29) is 23.4 Å². The molecule has 0 unspecified atom stereocenters. The molecule has 2 heterocycles. The quantitative estimate of drug-likeness (QED) is 0.427. The average molecular weight is 425 g/mol. The van der Waals surface area contributed by atoms with Crippen LogP contribution in [-0.2, 0) is 17.6 Å². The van der Waals surface area contributed by atoms with E-state index >= 15 is 0 Å². The summed E-state index contributed by atoms with van der Waals surface area (Å²) in [6.45, 7) is 0. The smallest absolute Gasteiger partial charge is 0.255 e. The van der Waals surface area contributed by atoms with Gasteiger partial charge in [-0.3, -0.25) is 9.59 Å². The minimum Gasteiger partial charge on any atom is -0.493 e. The normalized spacial score (nSPS) is 12.0. The van der Waals surface area contributed by atoms with Crippen molar-refractivity contribution in [3.05, 3.63) is 57.4 Å². The van der Waals surface area contributed by atoms with Crippen LogP contribution in [0.4, 0.5) is 5.00 Å². The number of fused-ring (bicyclic) bond motifs is 3. The summed E-state index contributed by atoms with van der Waals surface area (Å²) in [7, 11) is 0. The van der Waals surface area contributed by atoms with Crippen molar-refractivity contribution in [2.45, 2.75) is 24.4 Å². The molecule has 0 fully saturated rings. The van der Waals surface area contributed by atoms with Gasteiger partial charge in [-0.25, -0.2) is 0 Å². The number of aromatic hydroxyl groups is 1. The summed E-state index contributed by atoms with van der Waals surface area (Å²) >= 11 is 2.60. The molecule has 3 aromatic rings. The molecular weight excluding hydrogens is 408 g/mol. The number of H-pyrrole nitrogens is 1. The molecule has 0 atom stereocenters. The number of hydrogen-bond acceptors (Lipinski definition) is 7. The minimum atomic E-state index is -0.451. The lowest BCUT2D eigenvalue weighted by atomic mass is 9.90. The summed E-state index contributed by atoms with van der Waals surface area (Å²) in [6.07, 6.45) is 1.84. The molecule has 29 heavy (non-hydrogen) atoms. The number of rotatable bonds is 5. The number of nitrogens with one attached hydrogen (secondary N) is 2. The third kappa shape index (κ3) is 4.04. The second-order valence-corrected chi connectivity index (χ2v) is 8.54. The molecular formula is C20H16N4O3S2. The van der Waals surface area contributed by atoms with Gasteiger partial charge in [0.1, 0.15) is 11.1 Å². The van der Waals surface area contributed by atoms with Gasteiger partial charge >= 0.3 is 0 Å². The fourth-order valence-corrected chi connectivity index (χ4v) is 5.36. The van der Waals surface area contributed by atoms with E-state index in [0.29, 0.717) is 16.3 Å². The van der Waals surface area contributed by atoms with Crippen LogP contribution in [0.15, 0.2) is 40.3 Å². The Labute approximate surface area is 174 Å². The maximum Gasteiger partial charge on any atom is 0.255 e. The second kappa shape index (κ2) is 8.11. The first-order valence-corrected chi connectivity index (χ1v) is 10.7. The zero-order chi connectivity index (χ0) is 20.4. The number of amides is 1. The molecule has 0 saturated carbocycles. The van der Waals surface area contributed by atoms with Crippen LogP contribution in [0.25, 0.3) is 10.4 Å².